The van der Waals surface area contributed by atoms with Crippen molar-refractivity contribution in [3.63, 3.8) is 0 Å². The molecule has 0 spiro atoms. The van der Waals surface area contributed by atoms with Gasteiger partial charge in [0.15, 0.2) is 5.65 Å². The van der Waals surface area contributed by atoms with Gasteiger partial charge in [-0.3, -0.25) is 9.48 Å². The molecular formula is C22H25ClFN9O3S. The highest BCUT2D eigenvalue weighted by Crippen LogP contribution is 2.30. The molecule has 0 radical (unpaired) electrons. The van der Waals surface area contributed by atoms with Crippen LogP contribution in [-0.2, 0) is 17.3 Å². The van der Waals surface area contributed by atoms with E-state index in [1.54, 1.807) is 53.2 Å². The van der Waals surface area contributed by atoms with Gasteiger partial charge in [-0.1, -0.05) is 0 Å². The number of rotatable bonds is 6. The summed E-state index contributed by atoms with van der Waals surface area (Å²) in [5.41, 5.74) is 2.78. The van der Waals surface area contributed by atoms with Crippen molar-refractivity contribution in [2.45, 2.75) is 18.9 Å². The van der Waals surface area contributed by atoms with Gasteiger partial charge >= 0.3 is 0 Å². The summed E-state index contributed by atoms with van der Waals surface area (Å²) in [5, 5.41) is 12.0. The van der Waals surface area contributed by atoms with E-state index in [1.807, 2.05) is 4.90 Å². The Hall–Kier alpha value is -3.59. The predicted molar refractivity (Wildman–Crippen MR) is 138 cm³/mol. The van der Waals surface area contributed by atoms with Crippen LogP contribution in [0.4, 0.5) is 15.8 Å². The highest BCUT2D eigenvalue weighted by atomic mass is 35.5. The number of nitrogens with zero attached hydrogens (tertiary/aromatic N) is 6. The molecule has 4 heterocycles. The number of piperidine rings is 1. The molecule has 1 saturated heterocycles. The van der Waals surface area contributed by atoms with E-state index in [-0.39, 0.29) is 29.8 Å². The van der Waals surface area contributed by atoms with Gasteiger partial charge in [-0.15, -0.1) is 12.4 Å². The first kappa shape index (κ1) is 26.5. The van der Waals surface area contributed by atoms with Crippen LogP contribution >= 0.6 is 12.4 Å². The zero-order valence-electron chi connectivity index (χ0n) is 19.7. The Morgan fingerprint density at radius 3 is 2.65 bits per heavy atom. The van der Waals surface area contributed by atoms with Crippen molar-refractivity contribution >= 4 is 45.5 Å². The second kappa shape index (κ2) is 10.4. The molecule has 0 atom stereocenters. The minimum atomic E-state index is -3.79. The molecule has 4 aromatic rings. The number of carbonyl (C=O) groups is 1. The fraction of sp³-hybridized carbons (Fsp3) is 0.273. The molecule has 12 nitrogen and oxygen atoms in total. The minimum absolute atomic E-state index is 0. The first-order chi connectivity index (χ1) is 17.2. The Bertz CT molecular complexity index is 1550. The Labute approximate surface area is 218 Å². The topological polar surface area (TPSA) is 153 Å². The lowest BCUT2D eigenvalue weighted by Crippen LogP contribution is -2.46. The maximum atomic E-state index is 14.2. The molecule has 3 aromatic heterocycles. The molecule has 0 saturated carbocycles. The molecule has 1 fully saturated rings. The number of halogens is 2. The molecule has 0 bridgehead atoms. The summed E-state index contributed by atoms with van der Waals surface area (Å²) >= 11 is 0. The molecule has 1 aromatic carbocycles. The largest absolute Gasteiger partial charge is 0.370 e. The lowest BCUT2D eigenvalue weighted by molar-refractivity contribution is 0.102. The molecular weight excluding hydrogens is 525 g/mol. The van der Waals surface area contributed by atoms with Crippen LogP contribution in [0.1, 0.15) is 23.3 Å². The SMILES string of the molecule is Cl.Cn1cc(-c2nc(C(=O)Nc3cc(F)ccc3N3CCC(NS(N)(=O)=O)CC3)cn3ccnc23)cn1. The van der Waals surface area contributed by atoms with Gasteiger partial charge in [-0.05, 0) is 31.0 Å². The molecule has 1 amide bonds. The number of amides is 1. The average Bonchev–Trinajstić information content (AvgIpc) is 3.47. The van der Waals surface area contributed by atoms with E-state index in [2.05, 4.69) is 25.1 Å². The van der Waals surface area contributed by atoms with Crippen molar-refractivity contribution in [1.82, 2.24) is 28.9 Å². The number of anilines is 2. The third-order valence-electron chi connectivity index (χ3n) is 5.96. The smallest absolute Gasteiger partial charge is 0.275 e. The Balaban J connectivity index is 0.00000320. The molecule has 1 aliphatic rings. The molecule has 37 heavy (non-hydrogen) atoms. The van der Waals surface area contributed by atoms with Gasteiger partial charge < -0.3 is 14.6 Å². The van der Waals surface area contributed by atoms with Crippen LogP contribution < -0.4 is 20.1 Å². The Morgan fingerprint density at radius 2 is 1.97 bits per heavy atom. The Morgan fingerprint density at radius 1 is 1.22 bits per heavy atom. The first-order valence-corrected chi connectivity index (χ1v) is 12.7. The van der Waals surface area contributed by atoms with Crippen LogP contribution in [0.5, 0.6) is 0 Å². The summed E-state index contributed by atoms with van der Waals surface area (Å²) in [7, 11) is -2.01. The lowest BCUT2D eigenvalue weighted by atomic mass is 10.0. The number of nitrogens with two attached hydrogens (primary N) is 1. The van der Waals surface area contributed by atoms with Crippen LogP contribution in [-0.4, -0.2) is 57.6 Å². The molecule has 15 heteroatoms. The molecule has 0 aliphatic carbocycles. The summed E-state index contributed by atoms with van der Waals surface area (Å²) < 4.78 is 42.6. The van der Waals surface area contributed by atoms with Crippen molar-refractivity contribution in [3.05, 3.63) is 60.7 Å². The van der Waals surface area contributed by atoms with Gasteiger partial charge in [0.25, 0.3) is 16.1 Å². The number of aryl methyl sites for hydroxylation is 1. The van der Waals surface area contributed by atoms with Crippen LogP contribution in [0, 0.1) is 5.82 Å². The average molecular weight is 550 g/mol. The second-order valence-corrected chi connectivity index (χ2v) is 9.90. The van der Waals surface area contributed by atoms with E-state index >= 15 is 0 Å². The van der Waals surface area contributed by atoms with Gasteiger partial charge in [-0.2, -0.15) is 18.2 Å². The number of imidazole rings is 1. The summed E-state index contributed by atoms with van der Waals surface area (Å²) in [4.78, 5) is 24.1. The normalized spacial score (nSPS) is 14.5. The number of hydrogen-bond donors (Lipinski definition) is 3. The fourth-order valence-electron chi connectivity index (χ4n) is 4.32. The first-order valence-electron chi connectivity index (χ1n) is 11.1. The number of carbonyl (C=O) groups excluding carboxylic acids is 1. The van der Waals surface area contributed by atoms with Crippen LogP contribution in [0.2, 0.25) is 0 Å². The van der Waals surface area contributed by atoms with E-state index in [1.165, 1.54) is 12.1 Å². The van der Waals surface area contributed by atoms with Crippen molar-refractivity contribution in [1.29, 1.82) is 0 Å². The van der Waals surface area contributed by atoms with Crippen LogP contribution in [0.3, 0.4) is 0 Å². The van der Waals surface area contributed by atoms with Gasteiger partial charge in [0, 0.05) is 56.5 Å². The highest BCUT2D eigenvalue weighted by Gasteiger charge is 2.24. The Kier molecular flexibility index (Phi) is 7.45. The van der Waals surface area contributed by atoms with Gasteiger partial charge in [0.1, 0.15) is 17.2 Å². The van der Waals surface area contributed by atoms with Crippen LogP contribution in [0.25, 0.3) is 16.9 Å². The third kappa shape index (κ3) is 5.88. The fourth-order valence-corrected chi connectivity index (χ4v) is 5.02. The number of fused-ring (bicyclic) bond motifs is 1. The van der Waals surface area contributed by atoms with Crippen molar-refractivity contribution < 1.29 is 17.6 Å². The number of nitrogens with one attached hydrogen (secondary N) is 2. The van der Waals surface area contributed by atoms with Gasteiger partial charge in [-0.25, -0.2) is 19.5 Å². The molecule has 4 N–H and O–H groups in total. The summed E-state index contributed by atoms with van der Waals surface area (Å²) in [5.74, 6) is -1.03. The van der Waals surface area contributed by atoms with Crippen molar-refractivity contribution in [2.24, 2.45) is 12.2 Å². The van der Waals surface area contributed by atoms with Gasteiger partial charge in [0.2, 0.25) is 0 Å². The summed E-state index contributed by atoms with van der Waals surface area (Å²) in [6, 6.07) is 3.87. The highest BCUT2D eigenvalue weighted by molar-refractivity contribution is 7.87. The van der Waals surface area contributed by atoms with E-state index in [0.29, 0.717) is 48.5 Å². The molecule has 5 rings (SSSR count). The molecule has 0 unspecified atom stereocenters. The monoisotopic (exact) mass is 549 g/mol. The summed E-state index contributed by atoms with van der Waals surface area (Å²) in [6.45, 7) is 0.984. The zero-order chi connectivity index (χ0) is 25.4. The lowest BCUT2D eigenvalue weighted by Gasteiger charge is -2.34. The number of hydrogen-bond acceptors (Lipinski definition) is 7. The van der Waals surface area contributed by atoms with Crippen LogP contribution in [0.15, 0.2) is 49.2 Å². The maximum absolute atomic E-state index is 14.2. The van der Waals surface area contributed by atoms with Crippen molar-refractivity contribution in [3.8, 4) is 11.3 Å². The van der Waals surface area contributed by atoms with E-state index < -0.39 is 21.9 Å². The number of aromatic nitrogens is 5. The van der Waals surface area contributed by atoms with E-state index in [4.69, 9.17) is 5.14 Å². The molecule has 1 aliphatic heterocycles. The van der Waals surface area contributed by atoms with Gasteiger partial charge in [0.05, 0.1) is 17.6 Å². The molecule has 196 valence electrons. The standard InChI is InChI=1S/C22H24FN9O3S.ClH/c1-30-12-14(11-26-30)20-21-25-6-9-32(21)13-18(27-20)22(33)28-17-10-15(23)2-3-19(17)31-7-4-16(5-8-31)29-36(24,34)35;/h2-3,6,9-13,16,29H,4-5,7-8H2,1H3,(H,28,33)(H2,24,34,35);1H. The quantitative estimate of drug-likeness (QED) is 0.331. The number of benzene rings is 1. The van der Waals surface area contributed by atoms with E-state index in [9.17, 15) is 17.6 Å². The predicted octanol–water partition coefficient (Wildman–Crippen LogP) is 1.70. The van der Waals surface area contributed by atoms with E-state index in [0.717, 1.165) is 0 Å². The summed E-state index contributed by atoms with van der Waals surface area (Å²) in [6.07, 6.45) is 9.30. The maximum Gasteiger partial charge on any atom is 0.275 e. The zero-order valence-corrected chi connectivity index (χ0v) is 21.3. The van der Waals surface area contributed by atoms with Crippen molar-refractivity contribution in [2.75, 3.05) is 23.3 Å². The third-order valence-corrected chi connectivity index (χ3v) is 6.62. The second-order valence-electron chi connectivity index (χ2n) is 8.58. The minimum Gasteiger partial charge on any atom is -0.370 e.